The Morgan fingerprint density at radius 2 is 1.88 bits per heavy atom. The number of aliphatic hydroxyl groups is 1. The summed E-state index contributed by atoms with van der Waals surface area (Å²) in [5.41, 5.74) is 0. The lowest BCUT2D eigenvalue weighted by Crippen LogP contribution is -2.20. The minimum atomic E-state index is 0.162. The summed E-state index contributed by atoms with van der Waals surface area (Å²) >= 11 is 0. The van der Waals surface area contributed by atoms with Crippen LogP contribution in [0.15, 0.2) is 12.5 Å². The van der Waals surface area contributed by atoms with E-state index in [9.17, 15) is 0 Å². The summed E-state index contributed by atoms with van der Waals surface area (Å²) in [4.78, 5) is 1.78. The van der Waals surface area contributed by atoms with Crippen LogP contribution in [0, 0.1) is 0 Å². The summed E-state index contributed by atoms with van der Waals surface area (Å²) in [5, 5.41) is 8.74. The molecule has 8 heavy (non-hydrogen) atoms. The molecular weight excluding hydrogens is 102 g/mol. The van der Waals surface area contributed by atoms with Crippen molar-refractivity contribution in [3.8, 4) is 0 Å². The van der Waals surface area contributed by atoms with Gasteiger partial charge in [0.25, 0.3) is 0 Å². The van der Waals surface area contributed by atoms with Gasteiger partial charge in [0, 0.05) is 13.1 Å². The second-order valence-corrected chi connectivity index (χ2v) is 1.59. The van der Waals surface area contributed by atoms with Crippen LogP contribution in [0.3, 0.4) is 0 Å². The molecule has 0 spiro atoms. The number of hydrogen-bond acceptors (Lipinski definition) is 2. The van der Waals surface area contributed by atoms with Crippen molar-refractivity contribution in [1.82, 2.24) is 4.90 Å². The van der Waals surface area contributed by atoms with Crippen LogP contribution in [0.25, 0.3) is 0 Å². The summed E-state index contributed by atoms with van der Waals surface area (Å²) in [6.45, 7) is 8.98. The van der Waals surface area contributed by atoms with Crippen LogP contribution in [-0.2, 0) is 0 Å². The van der Waals surface area contributed by atoms with Crippen LogP contribution in [0.2, 0.25) is 0 Å². The largest absolute Gasteiger partial charge is 0.495 e. The highest BCUT2D eigenvalue weighted by atomic mass is 16.3. The van der Waals surface area contributed by atoms with Gasteiger partial charge in [-0.1, -0.05) is 0 Å². The van der Waals surface area contributed by atoms with Crippen molar-refractivity contribution < 1.29 is 5.11 Å². The molecule has 0 fully saturated rings. The number of rotatable bonds is 3. The van der Waals surface area contributed by atoms with E-state index in [4.69, 9.17) is 5.11 Å². The van der Waals surface area contributed by atoms with E-state index in [1.165, 1.54) is 0 Å². The molecule has 0 heterocycles. The van der Waals surface area contributed by atoms with Crippen molar-refractivity contribution in [2.45, 2.75) is 13.8 Å². The third-order valence-corrected chi connectivity index (χ3v) is 1.13. The van der Waals surface area contributed by atoms with Gasteiger partial charge in [0.1, 0.15) is 0 Å². The molecule has 0 aromatic heterocycles. The van der Waals surface area contributed by atoms with Gasteiger partial charge >= 0.3 is 0 Å². The predicted octanol–water partition coefficient (Wildman–Crippen LogP) is 1.36. The minimum absolute atomic E-state index is 0.162. The first kappa shape index (κ1) is 7.34. The fourth-order valence-corrected chi connectivity index (χ4v) is 0.589. The zero-order valence-electron chi connectivity index (χ0n) is 5.52. The zero-order valence-corrected chi connectivity index (χ0v) is 5.52. The van der Waals surface area contributed by atoms with Crippen molar-refractivity contribution in [1.29, 1.82) is 0 Å². The highest BCUT2D eigenvalue weighted by Gasteiger charge is 1.95. The Bertz CT molecular complexity index is 76.6. The first-order chi connectivity index (χ1) is 3.72. The lowest BCUT2D eigenvalue weighted by atomic mass is 10.5. The molecule has 1 N–H and O–H groups in total. The van der Waals surface area contributed by atoms with Gasteiger partial charge in [-0.2, -0.15) is 0 Å². The number of hydrogen-bond donors (Lipinski definition) is 1. The average molecular weight is 115 g/mol. The number of aliphatic hydroxyl groups excluding tert-OH is 1. The Balaban J connectivity index is 3.52. The van der Waals surface area contributed by atoms with Gasteiger partial charge in [-0.15, -0.1) is 0 Å². The molecule has 2 nitrogen and oxygen atoms in total. The van der Waals surface area contributed by atoms with Gasteiger partial charge < -0.3 is 10.0 Å². The molecule has 0 aliphatic heterocycles. The molecule has 0 amide bonds. The fraction of sp³-hybridized carbons (Fsp3) is 0.667. The Kier molecular flexibility index (Phi) is 3.08. The van der Waals surface area contributed by atoms with Crippen molar-refractivity contribution >= 4 is 0 Å². The van der Waals surface area contributed by atoms with Crippen LogP contribution >= 0.6 is 0 Å². The summed E-state index contributed by atoms with van der Waals surface area (Å²) in [6, 6.07) is 0. The van der Waals surface area contributed by atoms with E-state index in [0.717, 1.165) is 13.1 Å². The topological polar surface area (TPSA) is 23.5 Å². The molecule has 0 unspecified atom stereocenters. The molecule has 2 heteroatoms. The maximum absolute atomic E-state index is 8.74. The van der Waals surface area contributed by atoms with Crippen molar-refractivity contribution in [3.05, 3.63) is 12.5 Å². The molecule has 0 saturated carbocycles. The molecular formula is C6H13NO. The third kappa shape index (κ3) is 1.87. The summed E-state index contributed by atoms with van der Waals surface area (Å²) in [6.07, 6.45) is 0. The number of nitrogens with zero attached hydrogens (tertiary/aromatic N) is 1. The molecule has 0 bridgehead atoms. The normalized spacial score (nSPS) is 8.75. The van der Waals surface area contributed by atoms with E-state index < -0.39 is 0 Å². The van der Waals surface area contributed by atoms with Crippen LogP contribution in [-0.4, -0.2) is 23.1 Å². The highest BCUT2D eigenvalue weighted by Crippen LogP contribution is 1.93. The quantitative estimate of drug-likeness (QED) is 0.561. The SMILES string of the molecule is C=C(O)N(CC)CC. The van der Waals surface area contributed by atoms with Crippen LogP contribution in [0.5, 0.6) is 0 Å². The van der Waals surface area contributed by atoms with Crippen molar-refractivity contribution in [2.24, 2.45) is 0 Å². The maximum Gasteiger partial charge on any atom is 0.179 e. The van der Waals surface area contributed by atoms with Gasteiger partial charge in [0.15, 0.2) is 5.88 Å². The van der Waals surface area contributed by atoms with Crippen molar-refractivity contribution in [3.63, 3.8) is 0 Å². The van der Waals surface area contributed by atoms with Crippen molar-refractivity contribution in [2.75, 3.05) is 13.1 Å². The molecule has 0 radical (unpaired) electrons. The van der Waals surface area contributed by atoms with E-state index in [1.54, 1.807) is 4.90 Å². The van der Waals surface area contributed by atoms with E-state index in [-0.39, 0.29) is 5.88 Å². The molecule has 0 atom stereocenters. The predicted molar refractivity (Wildman–Crippen MR) is 34.7 cm³/mol. The lowest BCUT2D eigenvalue weighted by Gasteiger charge is -2.17. The fourth-order valence-electron chi connectivity index (χ4n) is 0.589. The monoisotopic (exact) mass is 115 g/mol. The minimum Gasteiger partial charge on any atom is -0.495 e. The van der Waals surface area contributed by atoms with Gasteiger partial charge in [0.2, 0.25) is 0 Å². The smallest absolute Gasteiger partial charge is 0.179 e. The standard InChI is InChI=1S/C6H13NO/c1-4-7(5-2)6(3)8/h8H,3-5H2,1-2H3. The maximum atomic E-state index is 8.74. The van der Waals surface area contributed by atoms with Crippen LogP contribution in [0.4, 0.5) is 0 Å². The molecule has 0 aromatic carbocycles. The second-order valence-electron chi connectivity index (χ2n) is 1.59. The molecule has 0 rings (SSSR count). The molecule has 0 saturated heterocycles. The van der Waals surface area contributed by atoms with Crippen LogP contribution in [0.1, 0.15) is 13.8 Å². The van der Waals surface area contributed by atoms with Gasteiger partial charge in [0.05, 0.1) is 0 Å². The molecule has 48 valence electrons. The first-order valence-electron chi connectivity index (χ1n) is 2.85. The summed E-state index contributed by atoms with van der Waals surface area (Å²) < 4.78 is 0. The summed E-state index contributed by atoms with van der Waals surface area (Å²) in [5.74, 6) is 0.162. The lowest BCUT2D eigenvalue weighted by molar-refractivity contribution is 0.218. The average Bonchev–Trinajstić information content (AvgIpc) is 1.69. The van der Waals surface area contributed by atoms with E-state index in [1.807, 2.05) is 13.8 Å². The molecule has 0 aromatic rings. The Hall–Kier alpha value is -0.660. The van der Waals surface area contributed by atoms with E-state index in [0.29, 0.717) is 0 Å². The van der Waals surface area contributed by atoms with E-state index >= 15 is 0 Å². The molecule has 0 aliphatic rings. The zero-order chi connectivity index (χ0) is 6.57. The van der Waals surface area contributed by atoms with Crippen LogP contribution < -0.4 is 0 Å². The van der Waals surface area contributed by atoms with Gasteiger partial charge in [-0.25, -0.2) is 0 Å². The van der Waals surface area contributed by atoms with Gasteiger partial charge in [-0.05, 0) is 20.4 Å². The second kappa shape index (κ2) is 3.36. The first-order valence-corrected chi connectivity index (χ1v) is 2.85. The highest BCUT2D eigenvalue weighted by molar-refractivity contribution is 4.77. The van der Waals surface area contributed by atoms with Gasteiger partial charge in [-0.3, -0.25) is 0 Å². The third-order valence-electron chi connectivity index (χ3n) is 1.13. The Labute approximate surface area is 50.4 Å². The summed E-state index contributed by atoms with van der Waals surface area (Å²) in [7, 11) is 0. The molecule has 0 aliphatic carbocycles. The Morgan fingerprint density at radius 1 is 1.50 bits per heavy atom. The van der Waals surface area contributed by atoms with E-state index in [2.05, 4.69) is 6.58 Å². The Morgan fingerprint density at radius 3 is 1.88 bits per heavy atom.